The summed E-state index contributed by atoms with van der Waals surface area (Å²) in [4.78, 5) is 0. The van der Waals surface area contributed by atoms with Crippen molar-refractivity contribution in [1.29, 1.82) is 0 Å². The molecule has 1 heterocycles. The van der Waals surface area contributed by atoms with Crippen molar-refractivity contribution in [3.8, 4) is 11.6 Å². The van der Waals surface area contributed by atoms with Gasteiger partial charge in [0, 0.05) is 6.07 Å². The summed E-state index contributed by atoms with van der Waals surface area (Å²) >= 11 is 5.97. The number of hydrogen-bond acceptors (Lipinski definition) is 4. The highest BCUT2D eigenvalue weighted by Gasteiger charge is 2.08. The molecule has 0 unspecified atom stereocenters. The van der Waals surface area contributed by atoms with Crippen LogP contribution in [0.15, 0.2) is 30.5 Å². The van der Waals surface area contributed by atoms with Crippen molar-refractivity contribution in [3.05, 3.63) is 41.0 Å². The predicted octanol–water partition coefficient (Wildman–Crippen LogP) is 2.81. The zero-order chi connectivity index (χ0) is 11.5. The Hall–Kier alpha value is -1.81. The lowest BCUT2D eigenvalue weighted by atomic mass is 10.3. The Bertz CT molecular complexity index is 496. The quantitative estimate of drug-likeness (QED) is 0.813. The molecule has 16 heavy (non-hydrogen) atoms. The number of aryl methyl sites for hydroxylation is 1. The molecule has 1 aromatic carbocycles. The van der Waals surface area contributed by atoms with Crippen LogP contribution in [0.5, 0.6) is 11.6 Å². The Kier molecular flexibility index (Phi) is 2.92. The second-order valence-corrected chi connectivity index (χ2v) is 3.74. The molecule has 0 amide bonds. The molecule has 0 saturated heterocycles. The van der Waals surface area contributed by atoms with E-state index in [-0.39, 0.29) is 0 Å². The number of nitrogens with two attached hydrogens (primary N) is 1. The zero-order valence-corrected chi connectivity index (χ0v) is 9.40. The number of ether oxygens (including phenoxy) is 1. The van der Waals surface area contributed by atoms with Crippen LogP contribution in [0.4, 0.5) is 5.69 Å². The average Bonchev–Trinajstić information content (AvgIpc) is 2.24. The molecule has 0 atom stereocenters. The average molecular weight is 236 g/mol. The zero-order valence-electron chi connectivity index (χ0n) is 8.64. The van der Waals surface area contributed by atoms with E-state index in [4.69, 9.17) is 22.1 Å². The third-order valence-electron chi connectivity index (χ3n) is 1.97. The lowest BCUT2D eigenvalue weighted by molar-refractivity contribution is 0.457. The standard InChI is InChI=1S/C11H10ClN3O/c1-7-5-10(15-14-6-7)16-11-8(12)3-2-4-9(11)13/h2-6H,13H2,1H3. The van der Waals surface area contributed by atoms with Crippen molar-refractivity contribution in [3.63, 3.8) is 0 Å². The highest BCUT2D eigenvalue weighted by atomic mass is 35.5. The van der Waals surface area contributed by atoms with Gasteiger partial charge in [0.2, 0.25) is 5.88 Å². The normalized spacial score (nSPS) is 10.1. The van der Waals surface area contributed by atoms with E-state index in [0.717, 1.165) is 5.56 Å². The molecule has 0 bridgehead atoms. The summed E-state index contributed by atoms with van der Waals surface area (Å²) < 4.78 is 5.49. The van der Waals surface area contributed by atoms with Crippen LogP contribution >= 0.6 is 11.6 Å². The van der Waals surface area contributed by atoms with E-state index in [1.54, 1.807) is 30.5 Å². The Morgan fingerprint density at radius 1 is 1.38 bits per heavy atom. The molecule has 4 nitrogen and oxygen atoms in total. The summed E-state index contributed by atoms with van der Waals surface area (Å²) in [5.41, 5.74) is 7.17. The van der Waals surface area contributed by atoms with Crippen LogP contribution in [0.3, 0.4) is 0 Å². The van der Waals surface area contributed by atoms with E-state index in [0.29, 0.717) is 22.3 Å². The summed E-state index contributed by atoms with van der Waals surface area (Å²) in [6, 6.07) is 6.93. The highest BCUT2D eigenvalue weighted by molar-refractivity contribution is 6.32. The molecule has 0 saturated carbocycles. The number of nitrogens with zero attached hydrogens (tertiary/aromatic N) is 2. The largest absolute Gasteiger partial charge is 0.434 e. The van der Waals surface area contributed by atoms with E-state index in [2.05, 4.69) is 10.2 Å². The minimum Gasteiger partial charge on any atom is -0.434 e. The van der Waals surface area contributed by atoms with Gasteiger partial charge in [0.15, 0.2) is 5.75 Å². The number of benzene rings is 1. The van der Waals surface area contributed by atoms with Gasteiger partial charge in [0.25, 0.3) is 0 Å². The fraction of sp³-hybridized carbons (Fsp3) is 0.0909. The summed E-state index contributed by atoms with van der Waals surface area (Å²) in [6.07, 6.45) is 1.64. The topological polar surface area (TPSA) is 61.0 Å². The summed E-state index contributed by atoms with van der Waals surface area (Å²) in [6.45, 7) is 1.90. The Balaban J connectivity index is 2.34. The first-order chi connectivity index (χ1) is 7.66. The first-order valence-corrected chi connectivity index (χ1v) is 5.06. The van der Waals surface area contributed by atoms with Gasteiger partial charge in [0.1, 0.15) is 0 Å². The molecule has 0 aliphatic carbocycles. The molecule has 0 radical (unpaired) electrons. The van der Waals surface area contributed by atoms with Crippen molar-refractivity contribution in [1.82, 2.24) is 10.2 Å². The predicted molar refractivity (Wildman–Crippen MR) is 62.7 cm³/mol. The van der Waals surface area contributed by atoms with Gasteiger partial charge in [-0.3, -0.25) is 0 Å². The highest BCUT2D eigenvalue weighted by Crippen LogP contribution is 2.33. The third-order valence-corrected chi connectivity index (χ3v) is 2.27. The van der Waals surface area contributed by atoms with Gasteiger partial charge in [-0.25, -0.2) is 0 Å². The number of nitrogen functional groups attached to an aromatic ring is 1. The second kappa shape index (κ2) is 4.37. The molecule has 2 N–H and O–H groups in total. The summed E-state index contributed by atoms with van der Waals surface area (Å²) in [7, 11) is 0. The smallest absolute Gasteiger partial charge is 0.239 e. The van der Waals surface area contributed by atoms with Crippen molar-refractivity contribution >= 4 is 17.3 Å². The third kappa shape index (κ3) is 2.23. The van der Waals surface area contributed by atoms with Gasteiger partial charge in [-0.1, -0.05) is 17.7 Å². The van der Waals surface area contributed by atoms with E-state index in [1.807, 2.05) is 6.92 Å². The maximum Gasteiger partial charge on any atom is 0.239 e. The van der Waals surface area contributed by atoms with Crippen LogP contribution in [0.2, 0.25) is 5.02 Å². The number of hydrogen-bond donors (Lipinski definition) is 1. The van der Waals surface area contributed by atoms with Gasteiger partial charge in [-0.15, -0.1) is 5.10 Å². The Labute approximate surface area is 98.0 Å². The monoisotopic (exact) mass is 235 g/mol. The molecule has 0 spiro atoms. The first-order valence-electron chi connectivity index (χ1n) is 4.68. The molecule has 82 valence electrons. The van der Waals surface area contributed by atoms with Crippen LogP contribution < -0.4 is 10.5 Å². The van der Waals surface area contributed by atoms with Crippen LogP contribution in [0.1, 0.15) is 5.56 Å². The van der Waals surface area contributed by atoms with E-state index < -0.39 is 0 Å². The molecule has 1 aromatic heterocycles. The maximum absolute atomic E-state index is 5.97. The van der Waals surface area contributed by atoms with Crippen LogP contribution in [-0.2, 0) is 0 Å². The molecule has 0 aliphatic heterocycles. The maximum atomic E-state index is 5.97. The lowest BCUT2D eigenvalue weighted by Gasteiger charge is -2.08. The van der Waals surface area contributed by atoms with Crippen molar-refractivity contribution in [2.75, 3.05) is 5.73 Å². The van der Waals surface area contributed by atoms with Gasteiger partial charge in [-0.2, -0.15) is 5.10 Å². The van der Waals surface area contributed by atoms with Crippen molar-refractivity contribution in [2.24, 2.45) is 0 Å². The minimum atomic E-state index is 0.375. The van der Waals surface area contributed by atoms with Crippen LogP contribution in [0.25, 0.3) is 0 Å². The fourth-order valence-electron chi connectivity index (χ4n) is 1.23. The number of rotatable bonds is 2. The minimum absolute atomic E-state index is 0.375. The second-order valence-electron chi connectivity index (χ2n) is 3.33. The lowest BCUT2D eigenvalue weighted by Crippen LogP contribution is -1.95. The molecule has 2 aromatic rings. The van der Waals surface area contributed by atoms with Gasteiger partial charge >= 0.3 is 0 Å². The number of aromatic nitrogens is 2. The molecular weight excluding hydrogens is 226 g/mol. The number of para-hydroxylation sites is 1. The Morgan fingerprint density at radius 2 is 2.19 bits per heavy atom. The van der Waals surface area contributed by atoms with Gasteiger partial charge in [-0.05, 0) is 24.6 Å². The van der Waals surface area contributed by atoms with E-state index in [1.165, 1.54) is 0 Å². The van der Waals surface area contributed by atoms with Crippen molar-refractivity contribution < 1.29 is 4.74 Å². The Morgan fingerprint density at radius 3 is 2.88 bits per heavy atom. The SMILES string of the molecule is Cc1cnnc(Oc2c(N)cccc2Cl)c1. The number of anilines is 1. The fourth-order valence-corrected chi connectivity index (χ4v) is 1.45. The molecule has 2 rings (SSSR count). The summed E-state index contributed by atoms with van der Waals surface area (Å²) in [5, 5.41) is 8.06. The van der Waals surface area contributed by atoms with E-state index in [9.17, 15) is 0 Å². The van der Waals surface area contributed by atoms with Gasteiger partial charge in [0.05, 0.1) is 16.9 Å². The van der Waals surface area contributed by atoms with Crippen LogP contribution in [0, 0.1) is 6.92 Å². The van der Waals surface area contributed by atoms with Gasteiger partial charge < -0.3 is 10.5 Å². The first kappa shape index (κ1) is 10.7. The molecular formula is C11H10ClN3O. The van der Waals surface area contributed by atoms with E-state index >= 15 is 0 Å². The molecule has 0 fully saturated rings. The summed E-state index contributed by atoms with van der Waals surface area (Å²) in [5.74, 6) is 0.781. The molecule has 0 aliphatic rings. The number of halogens is 1. The molecule has 5 heteroatoms. The van der Waals surface area contributed by atoms with Crippen LogP contribution in [-0.4, -0.2) is 10.2 Å². The van der Waals surface area contributed by atoms with Crippen molar-refractivity contribution in [2.45, 2.75) is 6.92 Å².